The predicted octanol–water partition coefficient (Wildman–Crippen LogP) is 2.99. The van der Waals surface area contributed by atoms with Crippen molar-refractivity contribution in [2.75, 3.05) is 52.2 Å². The second kappa shape index (κ2) is 9.41. The number of nitrogens with zero attached hydrogens (tertiary/aromatic N) is 6. The van der Waals surface area contributed by atoms with E-state index in [-0.39, 0.29) is 4.90 Å². The van der Waals surface area contributed by atoms with E-state index in [2.05, 4.69) is 46.2 Å². The molecule has 0 unspecified atom stereocenters. The highest BCUT2D eigenvalue weighted by atomic mass is 32.2. The maximum absolute atomic E-state index is 12.4. The van der Waals surface area contributed by atoms with E-state index in [0.717, 1.165) is 48.8 Å². The summed E-state index contributed by atoms with van der Waals surface area (Å²) in [4.78, 5) is 9.86. The summed E-state index contributed by atoms with van der Waals surface area (Å²) in [5.74, 6) is 0.747. The molecule has 0 bridgehead atoms. The fourth-order valence-corrected chi connectivity index (χ4v) is 5.24. The molecule has 4 aromatic rings. The standard InChI is InChI=1S/C26H30N6O2S/c1-29(2)35(33,34)23-12-8-21(9-13-23)24-5-4-14-32-26(24)27-25(28-32)19-20-6-10-22(11-7-20)31-17-15-30(3)16-18-31/h4-14H,15-19H2,1-3H3. The monoisotopic (exact) mass is 490 g/mol. The molecule has 1 aliphatic heterocycles. The number of rotatable bonds is 6. The Kier molecular flexibility index (Phi) is 6.31. The lowest BCUT2D eigenvalue weighted by atomic mass is 10.1. The molecule has 0 spiro atoms. The van der Waals surface area contributed by atoms with Gasteiger partial charge in [-0.25, -0.2) is 22.2 Å². The lowest BCUT2D eigenvalue weighted by Gasteiger charge is -2.34. The van der Waals surface area contributed by atoms with Crippen molar-refractivity contribution in [2.24, 2.45) is 0 Å². The van der Waals surface area contributed by atoms with Crippen molar-refractivity contribution in [1.82, 2.24) is 23.8 Å². The summed E-state index contributed by atoms with van der Waals surface area (Å²) in [5, 5.41) is 4.68. The van der Waals surface area contributed by atoms with Crippen LogP contribution >= 0.6 is 0 Å². The Morgan fingerprint density at radius 3 is 2.26 bits per heavy atom. The summed E-state index contributed by atoms with van der Waals surface area (Å²) in [5.41, 5.74) is 4.97. The lowest BCUT2D eigenvalue weighted by molar-refractivity contribution is 0.313. The van der Waals surface area contributed by atoms with E-state index in [9.17, 15) is 8.42 Å². The molecule has 182 valence electrons. The summed E-state index contributed by atoms with van der Waals surface area (Å²) in [6.07, 6.45) is 2.53. The number of anilines is 1. The number of fused-ring (bicyclic) bond motifs is 1. The number of pyridine rings is 1. The molecule has 0 amide bonds. The van der Waals surface area contributed by atoms with Crippen LogP contribution in [0.2, 0.25) is 0 Å². The molecule has 1 aliphatic rings. The van der Waals surface area contributed by atoms with E-state index >= 15 is 0 Å². The van der Waals surface area contributed by atoms with Crippen LogP contribution in [0.1, 0.15) is 11.4 Å². The highest BCUT2D eigenvalue weighted by molar-refractivity contribution is 7.89. The maximum atomic E-state index is 12.4. The summed E-state index contributed by atoms with van der Waals surface area (Å²) in [7, 11) is 1.76. The molecule has 0 aliphatic carbocycles. The van der Waals surface area contributed by atoms with Crippen molar-refractivity contribution in [3.05, 3.63) is 78.2 Å². The van der Waals surface area contributed by atoms with Crippen molar-refractivity contribution >= 4 is 21.4 Å². The molecule has 3 heterocycles. The number of likely N-dealkylation sites (N-methyl/N-ethyl adjacent to an activating group) is 1. The first-order valence-corrected chi connectivity index (χ1v) is 13.1. The summed E-state index contributed by atoms with van der Waals surface area (Å²) < 4.78 is 27.8. The Balaban J connectivity index is 1.36. The molecule has 0 N–H and O–H groups in total. The number of benzene rings is 2. The molecule has 35 heavy (non-hydrogen) atoms. The van der Waals surface area contributed by atoms with Crippen LogP contribution in [0, 0.1) is 0 Å². The lowest BCUT2D eigenvalue weighted by Crippen LogP contribution is -2.44. The first kappa shape index (κ1) is 23.5. The van der Waals surface area contributed by atoms with Gasteiger partial charge in [-0.15, -0.1) is 0 Å². The third-order valence-electron chi connectivity index (χ3n) is 6.52. The Morgan fingerprint density at radius 2 is 1.60 bits per heavy atom. The molecule has 0 radical (unpaired) electrons. The molecule has 2 aromatic carbocycles. The smallest absolute Gasteiger partial charge is 0.242 e. The molecular weight excluding hydrogens is 460 g/mol. The molecule has 9 heteroatoms. The fraction of sp³-hybridized carbons (Fsp3) is 0.308. The average Bonchev–Trinajstić information content (AvgIpc) is 3.27. The molecule has 8 nitrogen and oxygen atoms in total. The SMILES string of the molecule is CN1CCN(c2ccc(Cc3nc4c(-c5ccc(S(=O)(=O)N(C)C)cc5)cccn4n3)cc2)CC1. The van der Waals surface area contributed by atoms with Crippen LogP contribution in [0.4, 0.5) is 5.69 Å². The molecule has 0 saturated carbocycles. The van der Waals surface area contributed by atoms with Crippen molar-refractivity contribution < 1.29 is 8.42 Å². The zero-order chi connectivity index (χ0) is 24.6. The van der Waals surface area contributed by atoms with Crippen molar-refractivity contribution in [3.8, 4) is 11.1 Å². The number of hydrogen-bond donors (Lipinski definition) is 0. The number of sulfonamides is 1. The Hall–Kier alpha value is -3.27. The quantitative estimate of drug-likeness (QED) is 0.414. The number of hydrogen-bond acceptors (Lipinski definition) is 6. The zero-order valence-corrected chi connectivity index (χ0v) is 21.1. The topological polar surface area (TPSA) is 74.0 Å². The molecule has 2 aromatic heterocycles. The normalized spacial score (nSPS) is 15.3. The Labute approximate surface area is 206 Å². The van der Waals surface area contributed by atoms with Gasteiger partial charge in [0.2, 0.25) is 10.0 Å². The second-order valence-corrected chi connectivity index (χ2v) is 11.3. The van der Waals surface area contributed by atoms with Gasteiger partial charge < -0.3 is 9.80 Å². The molecule has 0 atom stereocenters. The van der Waals surface area contributed by atoms with Crippen LogP contribution < -0.4 is 4.90 Å². The average molecular weight is 491 g/mol. The van der Waals surface area contributed by atoms with Gasteiger partial charge in [0, 0.05) is 64.1 Å². The highest BCUT2D eigenvalue weighted by Gasteiger charge is 2.18. The minimum atomic E-state index is -3.47. The Morgan fingerprint density at radius 1 is 0.914 bits per heavy atom. The van der Waals surface area contributed by atoms with Gasteiger partial charge in [0.15, 0.2) is 11.5 Å². The van der Waals surface area contributed by atoms with E-state index in [0.29, 0.717) is 6.42 Å². The first-order valence-electron chi connectivity index (χ1n) is 11.7. The summed E-state index contributed by atoms with van der Waals surface area (Å²) in [6, 6.07) is 19.5. The van der Waals surface area contributed by atoms with Crippen LogP contribution in [-0.2, 0) is 16.4 Å². The Bertz CT molecular complexity index is 1420. The van der Waals surface area contributed by atoms with Crippen molar-refractivity contribution in [2.45, 2.75) is 11.3 Å². The minimum absolute atomic E-state index is 0.264. The van der Waals surface area contributed by atoms with E-state index in [1.54, 1.807) is 16.6 Å². The van der Waals surface area contributed by atoms with Gasteiger partial charge in [-0.2, -0.15) is 5.10 Å². The van der Waals surface area contributed by atoms with E-state index in [1.165, 1.54) is 29.7 Å². The van der Waals surface area contributed by atoms with Gasteiger partial charge in [0.1, 0.15) is 0 Å². The predicted molar refractivity (Wildman–Crippen MR) is 138 cm³/mol. The van der Waals surface area contributed by atoms with Crippen LogP contribution in [-0.4, -0.2) is 79.5 Å². The van der Waals surface area contributed by atoms with Crippen LogP contribution in [0.5, 0.6) is 0 Å². The van der Waals surface area contributed by atoms with E-state index < -0.39 is 10.0 Å². The van der Waals surface area contributed by atoms with Crippen molar-refractivity contribution in [1.29, 1.82) is 0 Å². The third kappa shape index (κ3) is 4.80. The molecular formula is C26H30N6O2S. The minimum Gasteiger partial charge on any atom is -0.369 e. The number of piperazine rings is 1. The van der Waals surface area contributed by atoms with Gasteiger partial charge in [-0.3, -0.25) is 0 Å². The largest absolute Gasteiger partial charge is 0.369 e. The van der Waals surface area contributed by atoms with E-state index in [4.69, 9.17) is 4.98 Å². The van der Waals surface area contributed by atoms with Crippen LogP contribution in [0.25, 0.3) is 16.8 Å². The summed E-state index contributed by atoms with van der Waals surface area (Å²) in [6.45, 7) is 4.27. The third-order valence-corrected chi connectivity index (χ3v) is 8.35. The van der Waals surface area contributed by atoms with Crippen molar-refractivity contribution in [3.63, 3.8) is 0 Å². The van der Waals surface area contributed by atoms with Gasteiger partial charge in [0.05, 0.1) is 4.90 Å². The maximum Gasteiger partial charge on any atom is 0.242 e. The second-order valence-electron chi connectivity index (χ2n) is 9.16. The summed E-state index contributed by atoms with van der Waals surface area (Å²) >= 11 is 0. The highest BCUT2D eigenvalue weighted by Crippen LogP contribution is 2.26. The number of aromatic nitrogens is 3. The first-order chi connectivity index (χ1) is 16.8. The van der Waals surface area contributed by atoms with Gasteiger partial charge in [-0.05, 0) is 54.6 Å². The van der Waals surface area contributed by atoms with Gasteiger partial charge in [0.25, 0.3) is 0 Å². The molecule has 1 fully saturated rings. The van der Waals surface area contributed by atoms with Gasteiger partial charge >= 0.3 is 0 Å². The van der Waals surface area contributed by atoms with Crippen LogP contribution in [0.15, 0.2) is 71.8 Å². The van der Waals surface area contributed by atoms with Crippen LogP contribution in [0.3, 0.4) is 0 Å². The fourth-order valence-electron chi connectivity index (χ4n) is 4.34. The molecule has 1 saturated heterocycles. The molecule has 5 rings (SSSR count). The zero-order valence-electron chi connectivity index (χ0n) is 20.3. The van der Waals surface area contributed by atoms with Gasteiger partial charge in [-0.1, -0.05) is 24.3 Å². The van der Waals surface area contributed by atoms with E-state index in [1.807, 2.05) is 30.5 Å².